The fourth-order valence-corrected chi connectivity index (χ4v) is 6.07. The van der Waals surface area contributed by atoms with Crippen LogP contribution < -0.4 is 4.90 Å². The summed E-state index contributed by atoms with van der Waals surface area (Å²) in [5, 5.41) is 9.65. The third-order valence-electron chi connectivity index (χ3n) is 7.57. The van der Waals surface area contributed by atoms with Gasteiger partial charge in [0.2, 0.25) is 5.91 Å². The Labute approximate surface area is 215 Å². The Morgan fingerprint density at radius 3 is 2.58 bits per heavy atom. The van der Waals surface area contributed by atoms with Gasteiger partial charge in [-0.25, -0.2) is 0 Å². The maximum absolute atomic E-state index is 14.2. The monoisotopic (exact) mass is 514 g/mol. The highest BCUT2D eigenvalue weighted by molar-refractivity contribution is 6.30. The first kappa shape index (κ1) is 25.0. The number of cyclic esters (lactones) is 1. The molecule has 8 nitrogen and oxygen atoms in total. The molecule has 0 bridgehead atoms. The van der Waals surface area contributed by atoms with Gasteiger partial charge in [0.25, 0.3) is 5.91 Å². The Balaban J connectivity index is 1.53. The topological polar surface area (TPSA) is 96.4 Å². The third-order valence-corrected chi connectivity index (χ3v) is 7.82. The molecule has 4 heterocycles. The molecule has 36 heavy (non-hydrogen) atoms. The van der Waals surface area contributed by atoms with E-state index in [2.05, 4.69) is 0 Å². The van der Waals surface area contributed by atoms with Crippen LogP contribution in [0.25, 0.3) is 0 Å². The fourth-order valence-electron chi connectivity index (χ4n) is 5.95. The van der Waals surface area contributed by atoms with E-state index >= 15 is 0 Å². The second-order valence-electron chi connectivity index (χ2n) is 9.72. The van der Waals surface area contributed by atoms with Gasteiger partial charge in [0.15, 0.2) is 0 Å². The van der Waals surface area contributed by atoms with Gasteiger partial charge >= 0.3 is 5.97 Å². The van der Waals surface area contributed by atoms with E-state index in [0.29, 0.717) is 43.1 Å². The molecule has 1 aromatic rings. The van der Waals surface area contributed by atoms with E-state index in [-0.39, 0.29) is 25.0 Å². The summed E-state index contributed by atoms with van der Waals surface area (Å²) in [5.74, 6) is -2.61. The van der Waals surface area contributed by atoms with Gasteiger partial charge in [-0.3, -0.25) is 14.4 Å². The van der Waals surface area contributed by atoms with Gasteiger partial charge in [0.1, 0.15) is 17.6 Å². The van der Waals surface area contributed by atoms with Crippen LogP contribution in [0.1, 0.15) is 32.1 Å². The van der Waals surface area contributed by atoms with Crippen molar-refractivity contribution in [3.8, 4) is 0 Å². The number of benzene rings is 1. The molecule has 2 fully saturated rings. The Morgan fingerprint density at radius 1 is 1.03 bits per heavy atom. The van der Waals surface area contributed by atoms with Crippen molar-refractivity contribution in [2.24, 2.45) is 11.8 Å². The quantitative estimate of drug-likeness (QED) is 0.341. The average molecular weight is 515 g/mol. The highest BCUT2D eigenvalue weighted by Crippen LogP contribution is 2.53. The van der Waals surface area contributed by atoms with Gasteiger partial charge in [-0.2, -0.15) is 0 Å². The SMILES string of the molecule is O=C1OCCC=C[C@H]2O[C@]34C=CCN(c5ccc(Cl)cc5)C(=O)C3N(CCCCCCO)C(=O)[C@@H]4[C@@H]12. The van der Waals surface area contributed by atoms with Gasteiger partial charge in [-0.1, -0.05) is 48.7 Å². The molecule has 4 aliphatic heterocycles. The van der Waals surface area contributed by atoms with Gasteiger partial charge in [0.05, 0.1) is 18.6 Å². The number of aliphatic hydroxyl groups is 1. The van der Waals surface area contributed by atoms with Crippen LogP contribution in [0.4, 0.5) is 5.69 Å². The van der Waals surface area contributed by atoms with Gasteiger partial charge in [-0.05, 0) is 43.5 Å². The molecule has 5 rings (SSSR count). The minimum absolute atomic E-state index is 0.127. The Hall–Kier alpha value is -2.68. The molecule has 2 saturated heterocycles. The predicted octanol–water partition coefficient (Wildman–Crippen LogP) is 2.88. The van der Waals surface area contributed by atoms with Crippen LogP contribution in [0.15, 0.2) is 48.6 Å². The van der Waals surface area contributed by atoms with Crippen LogP contribution in [0.2, 0.25) is 5.02 Å². The molecular formula is C27H31ClN2O6. The highest BCUT2D eigenvalue weighted by atomic mass is 35.5. The van der Waals surface area contributed by atoms with E-state index in [1.165, 1.54) is 0 Å². The second kappa shape index (κ2) is 10.4. The zero-order valence-corrected chi connectivity index (χ0v) is 20.8. The molecule has 4 aliphatic rings. The number of rotatable bonds is 7. The number of esters is 1. The number of amides is 2. The molecule has 5 atom stereocenters. The number of fused-ring (bicyclic) bond motifs is 2. The third kappa shape index (κ3) is 4.25. The summed E-state index contributed by atoms with van der Waals surface area (Å²) in [6, 6.07) is 6.11. The summed E-state index contributed by atoms with van der Waals surface area (Å²) in [6.45, 7) is 1.06. The zero-order chi connectivity index (χ0) is 25.3. The fraction of sp³-hybridized carbons (Fsp3) is 0.519. The molecule has 0 saturated carbocycles. The molecule has 192 valence electrons. The summed E-state index contributed by atoms with van der Waals surface area (Å²) >= 11 is 6.07. The van der Waals surface area contributed by atoms with E-state index in [9.17, 15) is 14.4 Å². The molecule has 0 aliphatic carbocycles. The van der Waals surface area contributed by atoms with Crippen molar-refractivity contribution in [2.75, 3.05) is 31.2 Å². The van der Waals surface area contributed by atoms with Gasteiger partial charge < -0.3 is 24.4 Å². The van der Waals surface area contributed by atoms with Crippen LogP contribution in [0.5, 0.6) is 0 Å². The van der Waals surface area contributed by atoms with E-state index in [0.717, 1.165) is 12.8 Å². The lowest BCUT2D eigenvalue weighted by Gasteiger charge is -2.35. The number of hydrogen-bond donors (Lipinski definition) is 1. The lowest BCUT2D eigenvalue weighted by atomic mass is 9.77. The normalized spacial score (nSPS) is 31.4. The van der Waals surface area contributed by atoms with Crippen molar-refractivity contribution < 1.29 is 29.0 Å². The second-order valence-corrected chi connectivity index (χ2v) is 10.2. The van der Waals surface area contributed by atoms with E-state index < -0.39 is 35.6 Å². The summed E-state index contributed by atoms with van der Waals surface area (Å²) in [4.78, 5) is 44.5. The molecule has 1 aromatic carbocycles. The molecule has 2 amide bonds. The molecule has 0 radical (unpaired) electrons. The van der Waals surface area contributed by atoms with E-state index in [1.54, 1.807) is 34.1 Å². The summed E-state index contributed by atoms with van der Waals surface area (Å²) in [7, 11) is 0. The van der Waals surface area contributed by atoms with Gasteiger partial charge in [0, 0.05) is 30.4 Å². The van der Waals surface area contributed by atoms with Crippen LogP contribution >= 0.6 is 11.6 Å². The number of halogens is 1. The maximum Gasteiger partial charge on any atom is 0.312 e. The van der Waals surface area contributed by atoms with Crippen LogP contribution in [0.3, 0.4) is 0 Å². The molecular weight excluding hydrogens is 484 g/mol. The molecule has 0 aromatic heterocycles. The van der Waals surface area contributed by atoms with Crippen molar-refractivity contribution in [1.82, 2.24) is 4.90 Å². The smallest absolute Gasteiger partial charge is 0.312 e. The van der Waals surface area contributed by atoms with Crippen LogP contribution in [-0.4, -0.2) is 71.8 Å². The number of carbonyl (C=O) groups is 3. The minimum Gasteiger partial charge on any atom is -0.465 e. The number of aliphatic hydroxyl groups excluding tert-OH is 1. The average Bonchev–Trinajstić information content (AvgIpc) is 3.23. The maximum atomic E-state index is 14.2. The minimum atomic E-state index is -1.26. The first-order chi connectivity index (χ1) is 17.5. The summed E-state index contributed by atoms with van der Waals surface area (Å²) < 4.78 is 12.0. The van der Waals surface area contributed by atoms with Gasteiger partial charge in [-0.15, -0.1) is 0 Å². The number of ether oxygens (including phenoxy) is 2. The van der Waals surface area contributed by atoms with E-state index in [1.807, 2.05) is 24.3 Å². The first-order valence-corrected chi connectivity index (χ1v) is 13.0. The molecule has 1 spiro atoms. The summed E-state index contributed by atoms with van der Waals surface area (Å²) in [6.07, 6.45) is 10.4. The lowest BCUT2D eigenvalue weighted by molar-refractivity contribution is -0.154. The number of hydrogen-bond acceptors (Lipinski definition) is 6. The number of anilines is 1. The van der Waals surface area contributed by atoms with Crippen LogP contribution in [0, 0.1) is 11.8 Å². The van der Waals surface area contributed by atoms with Crippen molar-refractivity contribution in [2.45, 2.75) is 49.9 Å². The standard InChI is InChI=1S/C27H31ClN2O6/c28-18-9-11-19(12-10-18)29-15-7-13-27-22(21-20(36-27)8-3-6-17-35-26(21)34)24(32)30(23(27)25(29)33)14-4-1-2-5-16-31/h3,7-13,20-23,31H,1-2,4-6,14-17H2/t20-,21+,22+,23?,27+/m1/s1. The van der Waals surface area contributed by atoms with Crippen molar-refractivity contribution in [3.05, 3.63) is 53.6 Å². The van der Waals surface area contributed by atoms with Crippen molar-refractivity contribution in [3.63, 3.8) is 0 Å². The molecule has 9 heteroatoms. The highest BCUT2D eigenvalue weighted by Gasteiger charge is 2.71. The number of unbranched alkanes of at least 4 members (excludes halogenated alkanes) is 3. The first-order valence-electron chi connectivity index (χ1n) is 12.6. The largest absolute Gasteiger partial charge is 0.465 e. The zero-order valence-electron chi connectivity index (χ0n) is 20.1. The lowest BCUT2D eigenvalue weighted by Crippen LogP contribution is -2.55. The Kier molecular flexibility index (Phi) is 7.19. The number of likely N-dealkylation sites (tertiary alicyclic amines) is 1. The van der Waals surface area contributed by atoms with E-state index in [4.69, 9.17) is 26.2 Å². The van der Waals surface area contributed by atoms with Crippen molar-refractivity contribution >= 4 is 35.1 Å². The molecule has 1 unspecified atom stereocenters. The number of nitrogens with zero attached hydrogens (tertiary/aromatic N) is 2. The number of carbonyl (C=O) groups excluding carboxylic acids is 3. The Morgan fingerprint density at radius 2 is 1.81 bits per heavy atom. The predicted molar refractivity (Wildman–Crippen MR) is 133 cm³/mol. The summed E-state index contributed by atoms with van der Waals surface area (Å²) in [5.41, 5.74) is -0.586. The Bertz CT molecular complexity index is 1070. The van der Waals surface area contributed by atoms with Crippen LogP contribution in [-0.2, 0) is 23.9 Å². The molecule has 1 N–H and O–H groups in total. The van der Waals surface area contributed by atoms with Crippen molar-refractivity contribution in [1.29, 1.82) is 0 Å².